The van der Waals surface area contributed by atoms with Gasteiger partial charge in [-0.05, 0) is 66.7 Å². The highest BCUT2D eigenvalue weighted by atomic mass is 32.2. The predicted octanol–water partition coefficient (Wildman–Crippen LogP) is 2.62. The van der Waals surface area contributed by atoms with Gasteiger partial charge in [0.25, 0.3) is 17.1 Å². The number of amides is 4. The van der Waals surface area contributed by atoms with E-state index in [0.717, 1.165) is 16.7 Å². The van der Waals surface area contributed by atoms with Crippen LogP contribution in [0.5, 0.6) is 11.5 Å². The van der Waals surface area contributed by atoms with Crippen LogP contribution in [0.2, 0.25) is 0 Å². The molecule has 0 spiro atoms. The summed E-state index contributed by atoms with van der Waals surface area (Å²) in [6, 6.07) is 13.3. The molecule has 0 aliphatic carbocycles. The van der Waals surface area contributed by atoms with Gasteiger partial charge in [-0.25, -0.2) is 0 Å². The fraction of sp³-hybridized carbons (Fsp3) is 0.182. The number of nitrogens with zero attached hydrogens (tertiary/aromatic N) is 1. The van der Waals surface area contributed by atoms with E-state index in [2.05, 4.69) is 5.32 Å². The molecule has 4 amide bonds. The van der Waals surface area contributed by atoms with E-state index in [9.17, 15) is 19.2 Å². The maximum Gasteiger partial charge on any atom is 0.294 e. The van der Waals surface area contributed by atoms with Gasteiger partial charge < -0.3 is 20.5 Å². The van der Waals surface area contributed by atoms with E-state index in [0.29, 0.717) is 29.4 Å². The average molecular weight is 455 g/mol. The summed E-state index contributed by atoms with van der Waals surface area (Å²) in [4.78, 5) is 49.0. The van der Waals surface area contributed by atoms with Crippen LogP contribution in [0.3, 0.4) is 0 Å². The maximum atomic E-state index is 12.6. The highest BCUT2D eigenvalue weighted by Gasteiger charge is 2.36. The molecule has 2 aromatic carbocycles. The second-order valence-corrected chi connectivity index (χ2v) is 7.59. The quantitative estimate of drug-likeness (QED) is 0.556. The molecule has 32 heavy (non-hydrogen) atoms. The highest BCUT2D eigenvalue weighted by Crippen LogP contribution is 2.32. The van der Waals surface area contributed by atoms with Crippen LogP contribution in [0.25, 0.3) is 6.08 Å². The minimum absolute atomic E-state index is 0.203. The number of hydrogen-bond donors (Lipinski definition) is 2. The molecule has 3 N–H and O–H groups in total. The third-order valence-corrected chi connectivity index (χ3v) is 5.09. The van der Waals surface area contributed by atoms with Gasteiger partial charge in [0, 0.05) is 5.69 Å². The van der Waals surface area contributed by atoms with E-state index in [-0.39, 0.29) is 11.5 Å². The Hall–Kier alpha value is -3.79. The van der Waals surface area contributed by atoms with Crippen molar-refractivity contribution in [2.45, 2.75) is 6.92 Å². The topological polar surface area (TPSA) is 128 Å². The van der Waals surface area contributed by atoms with Crippen molar-refractivity contribution in [2.24, 2.45) is 5.73 Å². The summed E-state index contributed by atoms with van der Waals surface area (Å²) < 4.78 is 10.5. The smallest absolute Gasteiger partial charge is 0.294 e. The molecule has 1 heterocycles. The van der Waals surface area contributed by atoms with Crippen LogP contribution in [0.1, 0.15) is 12.5 Å². The van der Waals surface area contributed by atoms with Crippen molar-refractivity contribution in [1.82, 2.24) is 4.90 Å². The van der Waals surface area contributed by atoms with E-state index < -0.39 is 29.5 Å². The van der Waals surface area contributed by atoms with E-state index in [1.807, 2.05) is 6.92 Å². The summed E-state index contributed by atoms with van der Waals surface area (Å²) in [7, 11) is 0. The SMILES string of the molecule is CCOc1ccc(NC(=O)CN2C(=O)S/C(=C\c3ccc(OCC(N)=O)cc3)C2=O)cc1. The number of nitrogens with one attached hydrogen (secondary N) is 1. The van der Waals surface area contributed by atoms with Gasteiger partial charge >= 0.3 is 0 Å². The number of anilines is 1. The van der Waals surface area contributed by atoms with Gasteiger partial charge in [0.2, 0.25) is 5.91 Å². The first-order valence-electron chi connectivity index (χ1n) is 9.65. The first kappa shape index (κ1) is 22.9. The Balaban J connectivity index is 1.60. The summed E-state index contributed by atoms with van der Waals surface area (Å²) in [6.07, 6.45) is 1.55. The molecule has 166 valence electrons. The lowest BCUT2D eigenvalue weighted by Gasteiger charge is -2.12. The number of rotatable bonds is 9. The van der Waals surface area contributed by atoms with Crippen molar-refractivity contribution < 1.29 is 28.7 Å². The van der Waals surface area contributed by atoms with E-state index in [1.54, 1.807) is 54.6 Å². The molecule has 1 saturated heterocycles. The minimum atomic E-state index is -0.589. The Morgan fingerprint density at radius 2 is 1.66 bits per heavy atom. The molecule has 1 aliphatic heterocycles. The van der Waals surface area contributed by atoms with Crippen LogP contribution in [-0.2, 0) is 14.4 Å². The molecule has 0 unspecified atom stereocenters. The summed E-state index contributed by atoms with van der Waals surface area (Å²) in [5.74, 6) is -0.507. The zero-order valence-electron chi connectivity index (χ0n) is 17.2. The van der Waals surface area contributed by atoms with E-state index in [4.69, 9.17) is 15.2 Å². The largest absolute Gasteiger partial charge is 0.494 e. The van der Waals surface area contributed by atoms with Crippen molar-refractivity contribution >= 4 is 46.5 Å². The molecular weight excluding hydrogens is 434 g/mol. The molecule has 1 fully saturated rings. The third-order valence-electron chi connectivity index (χ3n) is 4.18. The molecule has 0 saturated carbocycles. The van der Waals surface area contributed by atoms with Crippen LogP contribution < -0.4 is 20.5 Å². The van der Waals surface area contributed by atoms with E-state index >= 15 is 0 Å². The lowest BCUT2D eigenvalue weighted by atomic mass is 10.2. The number of carbonyl (C=O) groups is 4. The number of nitrogens with two attached hydrogens (primary N) is 1. The molecule has 0 radical (unpaired) electrons. The molecule has 0 aromatic heterocycles. The van der Waals surface area contributed by atoms with Crippen LogP contribution in [0, 0.1) is 0 Å². The minimum Gasteiger partial charge on any atom is -0.494 e. The molecule has 10 heteroatoms. The van der Waals surface area contributed by atoms with Crippen molar-refractivity contribution in [2.75, 3.05) is 25.1 Å². The highest BCUT2D eigenvalue weighted by molar-refractivity contribution is 8.18. The van der Waals surface area contributed by atoms with Gasteiger partial charge in [0.15, 0.2) is 6.61 Å². The average Bonchev–Trinajstić information content (AvgIpc) is 3.02. The van der Waals surface area contributed by atoms with E-state index in [1.165, 1.54) is 0 Å². The van der Waals surface area contributed by atoms with Crippen molar-refractivity contribution in [3.05, 3.63) is 59.0 Å². The number of ether oxygens (including phenoxy) is 2. The Morgan fingerprint density at radius 3 is 2.28 bits per heavy atom. The van der Waals surface area contributed by atoms with Gasteiger partial charge in [0.1, 0.15) is 18.0 Å². The summed E-state index contributed by atoms with van der Waals surface area (Å²) in [6.45, 7) is 1.77. The Kier molecular flexibility index (Phi) is 7.50. The van der Waals surface area contributed by atoms with Crippen LogP contribution in [0.4, 0.5) is 10.5 Å². The van der Waals surface area contributed by atoms with Crippen molar-refractivity contribution in [3.63, 3.8) is 0 Å². The molecule has 2 aromatic rings. The molecule has 0 bridgehead atoms. The van der Waals surface area contributed by atoms with Crippen LogP contribution in [0.15, 0.2) is 53.4 Å². The predicted molar refractivity (Wildman–Crippen MR) is 120 cm³/mol. The fourth-order valence-electron chi connectivity index (χ4n) is 2.75. The van der Waals surface area contributed by atoms with Crippen LogP contribution >= 0.6 is 11.8 Å². The monoisotopic (exact) mass is 455 g/mol. The summed E-state index contributed by atoms with van der Waals surface area (Å²) in [5, 5.41) is 2.13. The number of carbonyl (C=O) groups excluding carboxylic acids is 4. The third kappa shape index (κ3) is 6.11. The molecular formula is C22H21N3O6S. The standard InChI is InChI=1S/C22H21N3O6S/c1-2-30-16-9-5-15(6-10-16)24-20(27)12-25-21(28)18(32-22(25)29)11-14-3-7-17(8-4-14)31-13-19(23)26/h3-11H,2,12-13H2,1H3,(H2,23,26)(H,24,27)/b18-11-. The van der Waals surface area contributed by atoms with Crippen LogP contribution in [-0.4, -0.2) is 47.6 Å². The van der Waals surface area contributed by atoms with Gasteiger partial charge in [-0.1, -0.05) is 12.1 Å². The zero-order chi connectivity index (χ0) is 23.1. The molecule has 3 rings (SSSR count). The number of imide groups is 1. The zero-order valence-corrected chi connectivity index (χ0v) is 18.0. The first-order valence-corrected chi connectivity index (χ1v) is 10.5. The number of benzene rings is 2. The molecule has 9 nitrogen and oxygen atoms in total. The van der Waals surface area contributed by atoms with Gasteiger partial charge in [0.05, 0.1) is 11.5 Å². The lowest BCUT2D eigenvalue weighted by Crippen LogP contribution is -2.36. The van der Waals surface area contributed by atoms with Gasteiger partial charge in [-0.3, -0.25) is 24.1 Å². The first-order chi connectivity index (χ1) is 15.4. The normalized spacial score (nSPS) is 14.5. The molecule has 0 atom stereocenters. The van der Waals surface area contributed by atoms with Gasteiger partial charge in [-0.2, -0.15) is 0 Å². The number of primary amides is 1. The van der Waals surface area contributed by atoms with Crippen molar-refractivity contribution in [1.29, 1.82) is 0 Å². The van der Waals surface area contributed by atoms with Crippen molar-refractivity contribution in [3.8, 4) is 11.5 Å². The summed E-state index contributed by atoms with van der Waals surface area (Å²) in [5.41, 5.74) is 6.21. The Morgan fingerprint density at radius 1 is 1.03 bits per heavy atom. The number of hydrogen-bond acceptors (Lipinski definition) is 7. The Labute approximate surface area is 188 Å². The summed E-state index contributed by atoms with van der Waals surface area (Å²) >= 11 is 0.760. The fourth-order valence-corrected chi connectivity index (χ4v) is 3.59. The lowest BCUT2D eigenvalue weighted by molar-refractivity contribution is -0.127. The Bertz CT molecular complexity index is 1050. The molecule has 1 aliphatic rings. The number of thioether (sulfide) groups is 1. The van der Waals surface area contributed by atoms with Gasteiger partial charge in [-0.15, -0.1) is 0 Å². The maximum absolute atomic E-state index is 12.6. The second kappa shape index (κ2) is 10.5. The second-order valence-electron chi connectivity index (χ2n) is 6.60.